The van der Waals surface area contributed by atoms with Crippen molar-refractivity contribution in [2.24, 2.45) is 0 Å². The molecule has 0 aliphatic heterocycles. The molecular weight excluding hydrogens is 255 g/mol. The van der Waals surface area contributed by atoms with E-state index in [2.05, 4.69) is 15.3 Å². The molecule has 0 aromatic carbocycles. The lowest BCUT2D eigenvalue weighted by Crippen LogP contribution is -2.17. The maximum absolute atomic E-state index is 12.5. The first-order valence-electron chi connectivity index (χ1n) is 5.21. The number of anilines is 1. The van der Waals surface area contributed by atoms with Gasteiger partial charge < -0.3 is 5.32 Å². The fourth-order valence-corrected chi connectivity index (χ4v) is 1.58. The Bertz CT molecular complexity index is 382. The summed E-state index contributed by atoms with van der Waals surface area (Å²) in [7, 11) is 0. The summed E-state index contributed by atoms with van der Waals surface area (Å²) in [6.07, 6.45) is -2.75. The van der Waals surface area contributed by atoms with Gasteiger partial charge in [-0.2, -0.15) is 13.2 Å². The van der Waals surface area contributed by atoms with Crippen LogP contribution in [0.1, 0.15) is 32.4 Å². The lowest BCUT2D eigenvalue weighted by Gasteiger charge is -2.14. The Labute approximate surface area is 102 Å². The molecule has 0 amide bonds. The van der Waals surface area contributed by atoms with Gasteiger partial charge in [-0.25, -0.2) is 9.97 Å². The zero-order valence-corrected chi connectivity index (χ0v) is 10.2. The molecule has 0 fully saturated rings. The van der Waals surface area contributed by atoms with E-state index in [0.717, 1.165) is 18.9 Å². The minimum absolute atomic E-state index is 0.0343. The van der Waals surface area contributed by atoms with Gasteiger partial charge in [0, 0.05) is 12.1 Å². The molecule has 0 aliphatic carbocycles. The Morgan fingerprint density at radius 1 is 1.41 bits per heavy atom. The third-order valence-electron chi connectivity index (χ3n) is 2.11. The first-order chi connectivity index (χ1) is 7.82. The SMILES string of the molecule is CCCC(C)Nc1cc(C(F)(F)F)nc(Cl)n1. The molecule has 1 heterocycles. The molecule has 0 radical (unpaired) electrons. The molecule has 96 valence electrons. The molecule has 17 heavy (non-hydrogen) atoms. The van der Waals surface area contributed by atoms with Crippen molar-refractivity contribution in [3.8, 4) is 0 Å². The van der Waals surface area contributed by atoms with Crippen LogP contribution in [-0.2, 0) is 6.18 Å². The molecule has 1 unspecified atom stereocenters. The van der Waals surface area contributed by atoms with Crippen LogP contribution in [0, 0.1) is 0 Å². The van der Waals surface area contributed by atoms with Crippen LogP contribution in [0.4, 0.5) is 19.0 Å². The van der Waals surface area contributed by atoms with Crippen LogP contribution < -0.4 is 5.32 Å². The summed E-state index contributed by atoms with van der Waals surface area (Å²) in [5, 5.41) is 2.45. The van der Waals surface area contributed by atoms with Crippen LogP contribution in [0.15, 0.2) is 6.07 Å². The highest BCUT2D eigenvalue weighted by atomic mass is 35.5. The number of rotatable bonds is 4. The third kappa shape index (κ3) is 4.38. The van der Waals surface area contributed by atoms with Gasteiger partial charge in [0.15, 0.2) is 5.69 Å². The van der Waals surface area contributed by atoms with Crippen LogP contribution >= 0.6 is 11.6 Å². The van der Waals surface area contributed by atoms with Gasteiger partial charge in [-0.3, -0.25) is 0 Å². The van der Waals surface area contributed by atoms with Gasteiger partial charge >= 0.3 is 6.18 Å². The lowest BCUT2D eigenvalue weighted by molar-refractivity contribution is -0.141. The predicted molar refractivity (Wildman–Crippen MR) is 60.0 cm³/mol. The highest BCUT2D eigenvalue weighted by Crippen LogP contribution is 2.29. The van der Waals surface area contributed by atoms with E-state index < -0.39 is 17.2 Å². The molecule has 3 nitrogen and oxygen atoms in total. The minimum Gasteiger partial charge on any atom is -0.367 e. The molecule has 1 aromatic rings. The van der Waals surface area contributed by atoms with Gasteiger partial charge in [-0.05, 0) is 24.9 Å². The van der Waals surface area contributed by atoms with E-state index in [4.69, 9.17) is 11.6 Å². The van der Waals surface area contributed by atoms with Crippen molar-refractivity contribution >= 4 is 17.4 Å². The van der Waals surface area contributed by atoms with E-state index in [1.807, 2.05) is 13.8 Å². The van der Waals surface area contributed by atoms with Crippen molar-refractivity contribution in [3.63, 3.8) is 0 Å². The second-order valence-electron chi connectivity index (χ2n) is 3.74. The van der Waals surface area contributed by atoms with Gasteiger partial charge in [0.25, 0.3) is 0 Å². The Kier molecular flexibility index (Phi) is 4.56. The van der Waals surface area contributed by atoms with E-state index in [1.54, 1.807) is 0 Å². The summed E-state index contributed by atoms with van der Waals surface area (Å²) < 4.78 is 37.4. The number of nitrogens with one attached hydrogen (secondary N) is 1. The van der Waals surface area contributed by atoms with Crippen LogP contribution in [-0.4, -0.2) is 16.0 Å². The third-order valence-corrected chi connectivity index (χ3v) is 2.27. The Morgan fingerprint density at radius 2 is 2.06 bits per heavy atom. The molecule has 1 rings (SSSR count). The largest absolute Gasteiger partial charge is 0.433 e. The van der Waals surface area contributed by atoms with Crippen molar-refractivity contribution in [2.75, 3.05) is 5.32 Å². The average molecular weight is 268 g/mol. The Hall–Kier alpha value is -1.04. The number of alkyl halides is 3. The smallest absolute Gasteiger partial charge is 0.367 e. The van der Waals surface area contributed by atoms with Crippen LogP contribution in [0.3, 0.4) is 0 Å². The van der Waals surface area contributed by atoms with E-state index in [-0.39, 0.29) is 11.9 Å². The zero-order chi connectivity index (χ0) is 13.1. The normalized spacial score (nSPS) is 13.5. The van der Waals surface area contributed by atoms with Gasteiger partial charge in [-0.15, -0.1) is 0 Å². The summed E-state index contributed by atoms with van der Waals surface area (Å²) >= 11 is 5.45. The molecule has 1 atom stereocenters. The maximum Gasteiger partial charge on any atom is 0.433 e. The Morgan fingerprint density at radius 3 is 2.59 bits per heavy atom. The highest BCUT2D eigenvalue weighted by molar-refractivity contribution is 6.28. The molecule has 0 saturated heterocycles. The number of nitrogens with zero attached hydrogens (tertiary/aromatic N) is 2. The fourth-order valence-electron chi connectivity index (χ4n) is 1.39. The number of hydrogen-bond donors (Lipinski definition) is 1. The summed E-state index contributed by atoms with van der Waals surface area (Å²) in [5.74, 6) is 0.0956. The van der Waals surface area contributed by atoms with Crippen molar-refractivity contribution in [3.05, 3.63) is 17.0 Å². The molecule has 1 aromatic heterocycles. The molecule has 0 saturated carbocycles. The van der Waals surface area contributed by atoms with E-state index in [1.165, 1.54) is 0 Å². The van der Waals surface area contributed by atoms with Crippen LogP contribution in [0.25, 0.3) is 0 Å². The molecule has 7 heteroatoms. The Balaban J connectivity index is 2.90. The summed E-state index contributed by atoms with van der Waals surface area (Å²) in [6, 6.07) is 0.893. The predicted octanol–water partition coefficient (Wildman–Crippen LogP) is 3.75. The zero-order valence-electron chi connectivity index (χ0n) is 9.48. The molecule has 0 aliphatic rings. The minimum atomic E-state index is -4.52. The van der Waals surface area contributed by atoms with Crippen LogP contribution in [0.5, 0.6) is 0 Å². The summed E-state index contributed by atoms with van der Waals surface area (Å²) in [4.78, 5) is 6.86. The highest BCUT2D eigenvalue weighted by Gasteiger charge is 2.33. The van der Waals surface area contributed by atoms with Crippen molar-refractivity contribution in [1.29, 1.82) is 0 Å². The van der Waals surface area contributed by atoms with Crippen molar-refractivity contribution < 1.29 is 13.2 Å². The standard InChI is InChI=1S/C10H13ClF3N3/c1-3-4-6(2)15-8-5-7(10(12,13)14)16-9(11)17-8/h5-6H,3-4H2,1-2H3,(H,15,16,17). The van der Waals surface area contributed by atoms with Gasteiger partial charge in [0.05, 0.1) is 0 Å². The second-order valence-corrected chi connectivity index (χ2v) is 4.08. The van der Waals surface area contributed by atoms with E-state index >= 15 is 0 Å². The summed E-state index contributed by atoms with van der Waals surface area (Å²) in [5.41, 5.74) is -1.04. The first kappa shape index (κ1) is 14.0. The lowest BCUT2D eigenvalue weighted by atomic mass is 10.2. The van der Waals surface area contributed by atoms with Crippen molar-refractivity contribution in [1.82, 2.24) is 9.97 Å². The average Bonchev–Trinajstić information content (AvgIpc) is 2.15. The van der Waals surface area contributed by atoms with Crippen LogP contribution in [0.2, 0.25) is 5.28 Å². The molecule has 0 bridgehead atoms. The molecular formula is C10H13ClF3N3. The topological polar surface area (TPSA) is 37.8 Å². The number of aromatic nitrogens is 2. The van der Waals surface area contributed by atoms with Crippen molar-refractivity contribution in [2.45, 2.75) is 38.9 Å². The fraction of sp³-hybridized carbons (Fsp3) is 0.600. The van der Waals surface area contributed by atoms with Gasteiger partial charge in [0.1, 0.15) is 5.82 Å². The number of halogens is 4. The maximum atomic E-state index is 12.5. The number of hydrogen-bond acceptors (Lipinski definition) is 3. The second kappa shape index (κ2) is 5.53. The molecule has 0 spiro atoms. The quantitative estimate of drug-likeness (QED) is 0.845. The van der Waals surface area contributed by atoms with Gasteiger partial charge in [0.2, 0.25) is 5.28 Å². The summed E-state index contributed by atoms with van der Waals surface area (Å²) in [6.45, 7) is 3.86. The van der Waals surface area contributed by atoms with Gasteiger partial charge in [-0.1, -0.05) is 13.3 Å². The first-order valence-corrected chi connectivity index (χ1v) is 5.59. The monoisotopic (exact) mass is 267 g/mol. The van der Waals surface area contributed by atoms with E-state index in [0.29, 0.717) is 0 Å². The molecule has 1 N–H and O–H groups in total. The van der Waals surface area contributed by atoms with E-state index in [9.17, 15) is 13.2 Å².